The molecule has 0 saturated carbocycles. The third-order valence-electron chi connectivity index (χ3n) is 5.59. The Bertz CT molecular complexity index is 950. The van der Waals surface area contributed by atoms with E-state index in [9.17, 15) is 9.90 Å². The van der Waals surface area contributed by atoms with E-state index in [2.05, 4.69) is 47.4 Å². The van der Waals surface area contributed by atoms with E-state index in [-0.39, 0.29) is 0 Å². The average Bonchev–Trinajstić information content (AvgIpc) is 2.72. The molecule has 27 heavy (non-hydrogen) atoms. The van der Waals surface area contributed by atoms with Crippen LogP contribution in [0, 0.1) is 0 Å². The van der Waals surface area contributed by atoms with Crippen LogP contribution in [0.4, 0.5) is 0 Å². The number of hydrogen-bond acceptors (Lipinski definition) is 2. The van der Waals surface area contributed by atoms with Crippen LogP contribution in [0.3, 0.4) is 0 Å². The van der Waals surface area contributed by atoms with E-state index in [1.165, 1.54) is 28.7 Å². The van der Waals surface area contributed by atoms with Gasteiger partial charge in [0.25, 0.3) is 0 Å². The molecule has 1 N–H and O–H groups in total. The molecule has 1 unspecified atom stereocenters. The van der Waals surface area contributed by atoms with E-state index in [0.717, 1.165) is 31.2 Å². The maximum Gasteiger partial charge on any atom is 0.336 e. The normalized spacial score (nSPS) is 15.9. The van der Waals surface area contributed by atoms with Crippen molar-refractivity contribution >= 4 is 5.97 Å². The summed E-state index contributed by atoms with van der Waals surface area (Å²) in [4.78, 5) is 15.6. The van der Waals surface area contributed by atoms with Gasteiger partial charge in [-0.05, 0) is 71.9 Å². The number of nitrogens with zero attached hydrogens (tertiary/aromatic N) is 1. The number of rotatable bonds is 5. The van der Waals surface area contributed by atoms with E-state index in [1.807, 2.05) is 6.07 Å². The van der Waals surface area contributed by atoms with Gasteiger partial charge < -0.3 is 5.11 Å². The first kappa shape index (κ1) is 17.5. The predicted octanol–water partition coefficient (Wildman–Crippen LogP) is 5.50. The summed E-state index contributed by atoms with van der Waals surface area (Å²) < 4.78 is 0. The molecule has 4 rings (SSSR count). The van der Waals surface area contributed by atoms with Gasteiger partial charge in [-0.3, -0.25) is 4.98 Å². The van der Waals surface area contributed by atoms with E-state index in [0.29, 0.717) is 11.5 Å². The average molecular weight is 357 g/mol. The Morgan fingerprint density at radius 2 is 1.93 bits per heavy atom. The van der Waals surface area contributed by atoms with Crippen LogP contribution in [0.5, 0.6) is 0 Å². The van der Waals surface area contributed by atoms with Crippen molar-refractivity contribution in [3.8, 4) is 11.1 Å². The number of carboxylic acids is 1. The quantitative estimate of drug-likeness (QED) is 0.656. The lowest BCUT2D eigenvalue weighted by atomic mass is 9.78. The molecule has 0 amide bonds. The number of fused-ring (bicyclic) bond motifs is 1. The molecule has 1 atom stereocenters. The first-order valence-corrected chi connectivity index (χ1v) is 9.57. The number of hydrogen-bond donors (Lipinski definition) is 1. The lowest BCUT2D eigenvalue weighted by Crippen LogP contribution is -2.12. The fourth-order valence-corrected chi connectivity index (χ4v) is 4.17. The molecular formula is C24H23NO2. The molecule has 136 valence electrons. The molecule has 0 fully saturated rings. The van der Waals surface area contributed by atoms with Gasteiger partial charge >= 0.3 is 5.97 Å². The lowest BCUT2D eigenvalue weighted by molar-refractivity contribution is 0.0695. The predicted molar refractivity (Wildman–Crippen MR) is 107 cm³/mol. The zero-order valence-corrected chi connectivity index (χ0v) is 15.3. The largest absolute Gasteiger partial charge is 0.478 e. The summed E-state index contributed by atoms with van der Waals surface area (Å²) in [6, 6.07) is 18.9. The van der Waals surface area contributed by atoms with E-state index in [1.54, 1.807) is 18.5 Å². The fourth-order valence-electron chi connectivity index (χ4n) is 4.17. The second-order valence-corrected chi connectivity index (χ2v) is 7.25. The minimum atomic E-state index is -0.872. The molecule has 3 aromatic rings. The van der Waals surface area contributed by atoms with Gasteiger partial charge in [-0.15, -0.1) is 0 Å². The SMILES string of the molecule is O=C(O)c1ccncc1CCC1CCCc2ccc(-c3ccccc3)cc21. The van der Waals surface area contributed by atoms with Crippen molar-refractivity contribution in [2.24, 2.45) is 0 Å². The standard InChI is InChI=1S/C24H23NO2/c26-24(27)22-13-14-25-16-21(22)12-10-19-8-4-7-18-9-11-20(15-23(18)19)17-5-2-1-3-6-17/h1-3,5-6,9,11,13-16,19H,4,7-8,10,12H2,(H,26,27). The van der Waals surface area contributed by atoms with Crippen molar-refractivity contribution < 1.29 is 9.90 Å². The molecule has 0 saturated heterocycles. The Hall–Kier alpha value is -2.94. The molecular weight excluding hydrogens is 334 g/mol. The molecule has 0 aliphatic heterocycles. The second-order valence-electron chi connectivity index (χ2n) is 7.25. The number of pyridine rings is 1. The van der Waals surface area contributed by atoms with E-state index >= 15 is 0 Å². The summed E-state index contributed by atoms with van der Waals surface area (Å²) in [5.41, 5.74) is 6.58. The van der Waals surface area contributed by atoms with Gasteiger partial charge in [0.2, 0.25) is 0 Å². The number of aryl methyl sites for hydroxylation is 2. The van der Waals surface area contributed by atoms with Crippen molar-refractivity contribution in [1.82, 2.24) is 4.98 Å². The first-order chi connectivity index (χ1) is 13.2. The second kappa shape index (κ2) is 7.75. The molecule has 0 bridgehead atoms. The maximum absolute atomic E-state index is 11.4. The van der Waals surface area contributed by atoms with Crippen LogP contribution in [-0.4, -0.2) is 16.1 Å². The van der Waals surface area contributed by atoms with Crippen molar-refractivity contribution in [3.05, 3.63) is 89.2 Å². The molecule has 1 aromatic heterocycles. The van der Waals surface area contributed by atoms with Crippen LogP contribution < -0.4 is 0 Å². The minimum Gasteiger partial charge on any atom is -0.478 e. The third-order valence-corrected chi connectivity index (χ3v) is 5.59. The Labute approximate surface area is 159 Å². The number of carbonyl (C=O) groups is 1. The summed E-state index contributed by atoms with van der Waals surface area (Å²) in [7, 11) is 0. The highest BCUT2D eigenvalue weighted by Gasteiger charge is 2.21. The van der Waals surface area contributed by atoms with Gasteiger partial charge in [0, 0.05) is 12.4 Å². The van der Waals surface area contributed by atoms with Crippen molar-refractivity contribution in [1.29, 1.82) is 0 Å². The summed E-state index contributed by atoms with van der Waals surface area (Å²) in [6.45, 7) is 0. The lowest BCUT2D eigenvalue weighted by Gasteiger charge is -2.26. The Kier molecular flexibility index (Phi) is 5.01. The number of carboxylic acid groups (broad SMARTS) is 1. The molecule has 1 aliphatic rings. The number of aromatic nitrogens is 1. The molecule has 0 spiro atoms. The highest BCUT2D eigenvalue weighted by Crippen LogP contribution is 2.37. The highest BCUT2D eigenvalue weighted by molar-refractivity contribution is 5.89. The summed E-state index contributed by atoms with van der Waals surface area (Å²) in [5.74, 6) is -0.401. The van der Waals surface area contributed by atoms with Crippen LogP contribution in [0.2, 0.25) is 0 Å². The Morgan fingerprint density at radius 3 is 2.74 bits per heavy atom. The number of aromatic carboxylic acids is 1. The van der Waals surface area contributed by atoms with Gasteiger partial charge in [-0.2, -0.15) is 0 Å². The van der Waals surface area contributed by atoms with Gasteiger partial charge in [0.05, 0.1) is 5.56 Å². The van der Waals surface area contributed by atoms with Crippen LogP contribution in [0.25, 0.3) is 11.1 Å². The molecule has 2 aromatic carbocycles. The van der Waals surface area contributed by atoms with Crippen molar-refractivity contribution in [3.63, 3.8) is 0 Å². The fraction of sp³-hybridized carbons (Fsp3) is 0.250. The maximum atomic E-state index is 11.4. The summed E-state index contributed by atoms with van der Waals surface area (Å²) >= 11 is 0. The van der Waals surface area contributed by atoms with E-state index in [4.69, 9.17) is 0 Å². The van der Waals surface area contributed by atoms with Gasteiger partial charge in [0.15, 0.2) is 0 Å². The summed E-state index contributed by atoms with van der Waals surface area (Å²) in [5, 5.41) is 9.40. The van der Waals surface area contributed by atoms with Crippen LogP contribution in [0.15, 0.2) is 67.0 Å². The Balaban J connectivity index is 1.59. The number of benzene rings is 2. The molecule has 3 heteroatoms. The first-order valence-electron chi connectivity index (χ1n) is 9.57. The molecule has 1 heterocycles. The van der Waals surface area contributed by atoms with Crippen LogP contribution in [0.1, 0.15) is 52.2 Å². The van der Waals surface area contributed by atoms with E-state index < -0.39 is 5.97 Å². The monoisotopic (exact) mass is 357 g/mol. The minimum absolute atomic E-state index is 0.374. The van der Waals surface area contributed by atoms with Gasteiger partial charge in [-0.25, -0.2) is 4.79 Å². The molecule has 0 radical (unpaired) electrons. The zero-order valence-electron chi connectivity index (χ0n) is 15.3. The van der Waals surface area contributed by atoms with Gasteiger partial charge in [-0.1, -0.05) is 48.5 Å². The summed E-state index contributed by atoms with van der Waals surface area (Å²) in [6.07, 6.45) is 8.44. The smallest absolute Gasteiger partial charge is 0.336 e. The molecule has 1 aliphatic carbocycles. The van der Waals surface area contributed by atoms with Crippen molar-refractivity contribution in [2.45, 2.75) is 38.0 Å². The third kappa shape index (κ3) is 3.77. The van der Waals surface area contributed by atoms with Crippen molar-refractivity contribution in [2.75, 3.05) is 0 Å². The van der Waals surface area contributed by atoms with Crippen LogP contribution in [-0.2, 0) is 12.8 Å². The molecule has 3 nitrogen and oxygen atoms in total. The topological polar surface area (TPSA) is 50.2 Å². The zero-order chi connectivity index (χ0) is 18.6. The van der Waals surface area contributed by atoms with Gasteiger partial charge in [0.1, 0.15) is 0 Å². The highest BCUT2D eigenvalue weighted by atomic mass is 16.4. The van der Waals surface area contributed by atoms with Crippen LogP contribution >= 0.6 is 0 Å². The Morgan fingerprint density at radius 1 is 1.07 bits per heavy atom.